The second-order valence-electron chi connectivity index (χ2n) is 4.13. The minimum absolute atomic E-state index is 0.167. The number of hydrogen-bond acceptors (Lipinski definition) is 3. The standard InChI is InChI=1S/C12H15Cl2N3S/c1-2-4-17-5-3-16-11(17)7-9(15)8-6-10(13)18-12(8)14/h3,5-6,9H,2,4,7,15H2,1H3. The average molecular weight is 304 g/mol. The lowest BCUT2D eigenvalue weighted by Gasteiger charge is -2.12. The summed E-state index contributed by atoms with van der Waals surface area (Å²) in [6, 6.07) is 1.67. The van der Waals surface area contributed by atoms with Crippen molar-refractivity contribution < 1.29 is 0 Å². The highest BCUT2D eigenvalue weighted by molar-refractivity contribution is 7.20. The van der Waals surface area contributed by atoms with Crippen LogP contribution in [0.15, 0.2) is 18.5 Å². The summed E-state index contributed by atoms with van der Waals surface area (Å²) in [6.45, 7) is 3.10. The van der Waals surface area contributed by atoms with Crippen molar-refractivity contribution in [3.8, 4) is 0 Å². The molecule has 3 nitrogen and oxygen atoms in total. The molecule has 2 rings (SSSR count). The Kier molecular flexibility index (Phi) is 4.67. The lowest BCUT2D eigenvalue weighted by molar-refractivity contribution is 0.599. The van der Waals surface area contributed by atoms with Crippen LogP contribution in [0.4, 0.5) is 0 Å². The van der Waals surface area contributed by atoms with Crippen molar-refractivity contribution in [3.63, 3.8) is 0 Å². The van der Waals surface area contributed by atoms with Crippen LogP contribution in [0.5, 0.6) is 0 Å². The zero-order valence-corrected chi connectivity index (χ0v) is 12.4. The smallest absolute Gasteiger partial charge is 0.110 e. The monoisotopic (exact) mass is 303 g/mol. The fourth-order valence-electron chi connectivity index (χ4n) is 1.89. The van der Waals surface area contributed by atoms with Crippen molar-refractivity contribution in [1.82, 2.24) is 9.55 Å². The Bertz CT molecular complexity index is 521. The molecular weight excluding hydrogens is 289 g/mol. The number of imidazole rings is 1. The zero-order valence-electron chi connectivity index (χ0n) is 10.1. The van der Waals surface area contributed by atoms with Crippen LogP contribution in [0, 0.1) is 0 Å². The van der Waals surface area contributed by atoms with Crippen molar-refractivity contribution in [1.29, 1.82) is 0 Å². The molecule has 0 spiro atoms. The summed E-state index contributed by atoms with van der Waals surface area (Å²) in [7, 11) is 0. The van der Waals surface area contributed by atoms with Crippen molar-refractivity contribution >= 4 is 34.5 Å². The van der Waals surface area contributed by atoms with Crippen molar-refractivity contribution in [2.24, 2.45) is 5.73 Å². The number of thiophene rings is 1. The molecule has 2 heterocycles. The van der Waals surface area contributed by atoms with Crippen LogP contribution in [0.2, 0.25) is 8.67 Å². The van der Waals surface area contributed by atoms with Crippen LogP contribution in [0.1, 0.15) is 30.8 Å². The molecule has 0 amide bonds. The summed E-state index contributed by atoms with van der Waals surface area (Å²) >= 11 is 13.4. The molecule has 18 heavy (non-hydrogen) atoms. The van der Waals surface area contributed by atoms with E-state index < -0.39 is 0 Å². The van der Waals surface area contributed by atoms with Crippen LogP contribution in [0.25, 0.3) is 0 Å². The van der Waals surface area contributed by atoms with E-state index in [9.17, 15) is 0 Å². The van der Waals surface area contributed by atoms with E-state index in [1.807, 2.05) is 12.3 Å². The van der Waals surface area contributed by atoms with Gasteiger partial charge in [0.05, 0.1) is 8.67 Å². The van der Waals surface area contributed by atoms with Crippen LogP contribution < -0.4 is 5.73 Å². The molecule has 0 aromatic carbocycles. The number of hydrogen-bond donors (Lipinski definition) is 1. The summed E-state index contributed by atoms with van der Waals surface area (Å²) in [4.78, 5) is 4.35. The third-order valence-electron chi connectivity index (χ3n) is 2.75. The summed E-state index contributed by atoms with van der Waals surface area (Å²) in [5.41, 5.74) is 7.08. The van der Waals surface area contributed by atoms with Gasteiger partial charge in [0.1, 0.15) is 5.82 Å². The molecule has 0 aliphatic heterocycles. The van der Waals surface area contributed by atoms with Crippen molar-refractivity contribution in [3.05, 3.63) is 38.5 Å². The fourth-order valence-corrected chi connectivity index (χ4v) is 3.48. The van der Waals surface area contributed by atoms with Gasteiger partial charge >= 0.3 is 0 Å². The van der Waals surface area contributed by atoms with Crippen LogP contribution >= 0.6 is 34.5 Å². The molecule has 0 saturated carbocycles. The Morgan fingerprint density at radius 1 is 1.50 bits per heavy atom. The molecule has 0 fully saturated rings. The highest BCUT2D eigenvalue weighted by atomic mass is 35.5. The summed E-state index contributed by atoms with van der Waals surface area (Å²) in [6.07, 6.45) is 5.52. The topological polar surface area (TPSA) is 43.8 Å². The van der Waals surface area contributed by atoms with E-state index in [-0.39, 0.29) is 6.04 Å². The van der Waals surface area contributed by atoms with Crippen LogP contribution in [-0.4, -0.2) is 9.55 Å². The van der Waals surface area contributed by atoms with Crippen molar-refractivity contribution in [2.75, 3.05) is 0 Å². The second kappa shape index (κ2) is 6.06. The molecule has 2 aromatic heterocycles. The Morgan fingerprint density at radius 3 is 2.89 bits per heavy atom. The van der Waals surface area contributed by atoms with Gasteiger partial charge in [0.25, 0.3) is 0 Å². The number of nitrogens with zero attached hydrogens (tertiary/aromatic N) is 2. The number of halogens is 2. The Morgan fingerprint density at radius 2 is 2.28 bits per heavy atom. The SMILES string of the molecule is CCCn1ccnc1CC(N)c1cc(Cl)sc1Cl. The quantitative estimate of drug-likeness (QED) is 0.910. The largest absolute Gasteiger partial charge is 0.335 e. The van der Waals surface area contributed by atoms with E-state index in [1.165, 1.54) is 11.3 Å². The van der Waals surface area contributed by atoms with Gasteiger partial charge in [-0.15, -0.1) is 11.3 Å². The fraction of sp³-hybridized carbons (Fsp3) is 0.417. The minimum atomic E-state index is -0.167. The lowest BCUT2D eigenvalue weighted by atomic mass is 10.1. The van der Waals surface area contributed by atoms with Gasteiger partial charge < -0.3 is 10.3 Å². The molecule has 2 N–H and O–H groups in total. The number of rotatable bonds is 5. The van der Waals surface area contributed by atoms with Gasteiger partial charge in [0, 0.05) is 37.0 Å². The molecule has 6 heteroatoms. The molecule has 0 radical (unpaired) electrons. The van der Waals surface area contributed by atoms with E-state index in [0.717, 1.165) is 24.4 Å². The first-order valence-electron chi connectivity index (χ1n) is 5.82. The predicted molar refractivity (Wildman–Crippen MR) is 77.5 cm³/mol. The van der Waals surface area contributed by atoms with Gasteiger partial charge in [0.15, 0.2) is 0 Å². The van der Waals surface area contributed by atoms with Crippen molar-refractivity contribution in [2.45, 2.75) is 32.4 Å². The minimum Gasteiger partial charge on any atom is -0.335 e. The molecule has 0 aliphatic carbocycles. The van der Waals surface area contributed by atoms with Crippen LogP contribution in [0.3, 0.4) is 0 Å². The first-order chi connectivity index (χ1) is 8.61. The second-order valence-corrected chi connectivity index (χ2v) is 6.41. The van der Waals surface area contributed by atoms with Gasteiger partial charge in [-0.1, -0.05) is 30.1 Å². The normalized spacial score (nSPS) is 12.9. The van der Waals surface area contributed by atoms with Gasteiger partial charge in [-0.25, -0.2) is 4.98 Å². The predicted octanol–water partition coefficient (Wildman–Crippen LogP) is 3.90. The summed E-state index contributed by atoms with van der Waals surface area (Å²) in [5.74, 6) is 0.989. The zero-order chi connectivity index (χ0) is 13.1. The van der Waals surface area contributed by atoms with E-state index >= 15 is 0 Å². The third-order valence-corrected chi connectivity index (χ3v) is 4.27. The van der Waals surface area contributed by atoms with E-state index in [4.69, 9.17) is 28.9 Å². The molecule has 0 saturated heterocycles. The third kappa shape index (κ3) is 3.06. The number of aromatic nitrogens is 2. The van der Waals surface area contributed by atoms with Crippen LogP contribution in [-0.2, 0) is 13.0 Å². The maximum Gasteiger partial charge on any atom is 0.110 e. The summed E-state index contributed by atoms with van der Waals surface area (Å²) < 4.78 is 3.46. The first-order valence-corrected chi connectivity index (χ1v) is 7.39. The van der Waals surface area contributed by atoms with Gasteiger partial charge in [-0.05, 0) is 12.5 Å². The first kappa shape index (κ1) is 13.9. The van der Waals surface area contributed by atoms with E-state index in [2.05, 4.69) is 16.5 Å². The highest BCUT2D eigenvalue weighted by Gasteiger charge is 2.16. The van der Waals surface area contributed by atoms with E-state index in [1.54, 1.807) is 6.20 Å². The molecule has 0 aliphatic rings. The Labute approximate surface area is 121 Å². The Balaban J connectivity index is 2.13. The van der Waals surface area contributed by atoms with Gasteiger partial charge in [-0.2, -0.15) is 0 Å². The lowest BCUT2D eigenvalue weighted by Crippen LogP contribution is -2.16. The number of aryl methyl sites for hydroxylation is 1. The number of nitrogens with two attached hydrogens (primary N) is 1. The Hall–Kier alpha value is -0.550. The molecule has 1 unspecified atom stereocenters. The van der Waals surface area contributed by atoms with Gasteiger partial charge in [0.2, 0.25) is 0 Å². The molecular formula is C12H15Cl2N3S. The molecule has 0 bridgehead atoms. The molecule has 2 aromatic rings. The highest BCUT2D eigenvalue weighted by Crippen LogP contribution is 2.35. The maximum atomic E-state index is 6.18. The molecule has 98 valence electrons. The van der Waals surface area contributed by atoms with Gasteiger partial charge in [-0.3, -0.25) is 0 Å². The summed E-state index contributed by atoms with van der Waals surface area (Å²) in [5, 5.41) is 0. The maximum absolute atomic E-state index is 6.18. The molecule has 1 atom stereocenters. The van der Waals surface area contributed by atoms with E-state index in [0.29, 0.717) is 15.1 Å². The average Bonchev–Trinajstić information content (AvgIpc) is 2.87.